The molecular formula is C13H19NO6S. The number of aromatic carboxylic acids is 1. The van der Waals surface area contributed by atoms with E-state index in [1.54, 1.807) is 6.92 Å². The Balaban J connectivity index is 3.35. The van der Waals surface area contributed by atoms with Gasteiger partial charge < -0.3 is 14.6 Å². The molecule has 118 valence electrons. The zero-order chi connectivity index (χ0) is 16.2. The van der Waals surface area contributed by atoms with Crippen molar-refractivity contribution >= 4 is 16.0 Å². The van der Waals surface area contributed by atoms with E-state index >= 15 is 0 Å². The van der Waals surface area contributed by atoms with Crippen LogP contribution in [0.4, 0.5) is 0 Å². The average molecular weight is 317 g/mol. The van der Waals surface area contributed by atoms with E-state index in [2.05, 4.69) is 0 Å². The molecule has 1 unspecified atom stereocenters. The van der Waals surface area contributed by atoms with Gasteiger partial charge in [-0.25, -0.2) is 13.2 Å². The molecule has 1 rings (SSSR count). The van der Waals surface area contributed by atoms with E-state index in [0.29, 0.717) is 0 Å². The van der Waals surface area contributed by atoms with Gasteiger partial charge in [-0.05, 0) is 25.1 Å². The highest BCUT2D eigenvalue weighted by Crippen LogP contribution is 2.28. The molecule has 0 spiro atoms. The van der Waals surface area contributed by atoms with Crippen molar-refractivity contribution in [1.29, 1.82) is 0 Å². The molecule has 0 amide bonds. The van der Waals surface area contributed by atoms with Crippen LogP contribution in [0.15, 0.2) is 23.1 Å². The molecule has 0 aliphatic heterocycles. The van der Waals surface area contributed by atoms with Gasteiger partial charge >= 0.3 is 5.97 Å². The van der Waals surface area contributed by atoms with Crippen molar-refractivity contribution in [2.75, 3.05) is 27.9 Å². The summed E-state index contributed by atoms with van der Waals surface area (Å²) < 4.78 is 36.3. The maximum Gasteiger partial charge on any atom is 0.335 e. The zero-order valence-corrected chi connectivity index (χ0v) is 13.2. The van der Waals surface area contributed by atoms with Crippen LogP contribution in [0.2, 0.25) is 0 Å². The molecule has 7 nitrogen and oxygen atoms in total. The van der Waals surface area contributed by atoms with Crippen LogP contribution in [0.3, 0.4) is 0 Å². The third-order valence-electron chi connectivity index (χ3n) is 3.10. The molecule has 0 aromatic heterocycles. The quantitative estimate of drug-likeness (QED) is 0.808. The number of carboxylic acid groups (broad SMARTS) is 1. The maximum absolute atomic E-state index is 12.6. The summed E-state index contributed by atoms with van der Waals surface area (Å²) in [5.74, 6) is -1.11. The molecule has 1 atom stereocenters. The third kappa shape index (κ3) is 3.72. The highest BCUT2D eigenvalue weighted by Gasteiger charge is 2.29. The Morgan fingerprint density at radius 1 is 1.38 bits per heavy atom. The van der Waals surface area contributed by atoms with Crippen LogP contribution >= 0.6 is 0 Å². The molecule has 0 radical (unpaired) electrons. The van der Waals surface area contributed by atoms with E-state index in [9.17, 15) is 13.2 Å². The number of hydrogen-bond acceptors (Lipinski definition) is 5. The first-order chi connectivity index (χ1) is 9.75. The van der Waals surface area contributed by atoms with Gasteiger partial charge in [-0.1, -0.05) is 0 Å². The van der Waals surface area contributed by atoms with Gasteiger partial charge in [0.15, 0.2) is 0 Å². The van der Waals surface area contributed by atoms with Crippen molar-refractivity contribution in [3.8, 4) is 5.75 Å². The molecule has 0 heterocycles. The Hall–Kier alpha value is -1.64. The molecule has 0 saturated heterocycles. The Morgan fingerprint density at radius 3 is 2.48 bits per heavy atom. The van der Waals surface area contributed by atoms with Gasteiger partial charge in [-0.15, -0.1) is 0 Å². The number of sulfonamides is 1. The molecule has 0 aliphatic rings. The van der Waals surface area contributed by atoms with Gasteiger partial charge in [-0.3, -0.25) is 0 Å². The Morgan fingerprint density at radius 2 is 2.00 bits per heavy atom. The van der Waals surface area contributed by atoms with Crippen molar-refractivity contribution in [1.82, 2.24) is 4.31 Å². The second-order valence-electron chi connectivity index (χ2n) is 4.50. The molecule has 1 N–H and O–H groups in total. The lowest BCUT2D eigenvalue weighted by Crippen LogP contribution is -2.38. The monoisotopic (exact) mass is 317 g/mol. The van der Waals surface area contributed by atoms with Crippen LogP contribution < -0.4 is 4.74 Å². The predicted octanol–water partition coefficient (Wildman–Crippen LogP) is 1.05. The van der Waals surface area contributed by atoms with Gasteiger partial charge in [0.1, 0.15) is 10.6 Å². The molecular weight excluding hydrogens is 298 g/mol. The molecule has 0 aliphatic carbocycles. The van der Waals surface area contributed by atoms with Crippen LogP contribution in [0.25, 0.3) is 0 Å². The number of nitrogens with zero attached hydrogens (tertiary/aromatic N) is 1. The van der Waals surface area contributed by atoms with E-state index in [-0.39, 0.29) is 22.8 Å². The van der Waals surface area contributed by atoms with E-state index in [4.69, 9.17) is 14.6 Å². The Labute approximate surface area is 124 Å². The minimum atomic E-state index is -3.89. The SMILES string of the molecule is COCC(C)N(C)S(=O)(=O)c1cc(C(=O)O)ccc1OC. The van der Waals surface area contributed by atoms with Gasteiger partial charge in [0, 0.05) is 20.2 Å². The predicted molar refractivity (Wildman–Crippen MR) is 76.2 cm³/mol. The summed E-state index contributed by atoms with van der Waals surface area (Å²) in [6.07, 6.45) is 0. The third-order valence-corrected chi connectivity index (χ3v) is 5.09. The second-order valence-corrected chi connectivity index (χ2v) is 6.46. The van der Waals surface area contributed by atoms with E-state index < -0.39 is 22.0 Å². The standard InChI is InChI=1S/C13H19NO6S/c1-9(8-19-3)14(2)21(17,18)12-7-10(13(15)16)5-6-11(12)20-4/h5-7,9H,8H2,1-4H3,(H,15,16). The lowest BCUT2D eigenvalue weighted by Gasteiger charge is -2.24. The van der Waals surface area contributed by atoms with Gasteiger partial charge in [0.05, 0.1) is 19.3 Å². The molecule has 0 bridgehead atoms. The number of carboxylic acids is 1. The molecule has 1 aromatic carbocycles. The fraction of sp³-hybridized carbons (Fsp3) is 0.462. The summed E-state index contributed by atoms with van der Waals surface area (Å²) >= 11 is 0. The summed E-state index contributed by atoms with van der Waals surface area (Å²) in [6, 6.07) is 3.30. The number of methoxy groups -OCH3 is 2. The smallest absolute Gasteiger partial charge is 0.335 e. The van der Waals surface area contributed by atoms with E-state index in [1.807, 2.05) is 0 Å². The largest absolute Gasteiger partial charge is 0.495 e. The zero-order valence-electron chi connectivity index (χ0n) is 12.4. The summed E-state index contributed by atoms with van der Waals surface area (Å²) in [7, 11) is 0.316. The molecule has 21 heavy (non-hydrogen) atoms. The maximum atomic E-state index is 12.6. The van der Waals surface area contributed by atoms with Gasteiger partial charge in [0.25, 0.3) is 0 Å². The number of carbonyl (C=O) groups is 1. The highest BCUT2D eigenvalue weighted by atomic mass is 32.2. The van der Waals surface area contributed by atoms with Crippen LogP contribution in [0.5, 0.6) is 5.75 Å². The lowest BCUT2D eigenvalue weighted by molar-refractivity contribution is 0.0696. The molecule has 0 fully saturated rings. The molecule has 1 aromatic rings. The fourth-order valence-electron chi connectivity index (χ4n) is 1.75. The summed E-state index contributed by atoms with van der Waals surface area (Å²) in [5.41, 5.74) is -0.123. The minimum absolute atomic E-state index is 0.0940. The van der Waals surface area contributed by atoms with Gasteiger partial charge in [0.2, 0.25) is 10.0 Å². The van der Waals surface area contributed by atoms with Crippen LogP contribution in [0, 0.1) is 0 Å². The fourth-order valence-corrected chi connectivity index (χ4v) is 3.28. The number of hydrogen-bond donors (Lipinski definition) is 1. The summed E-state index contributed by atoms with van der Waals surface area (Å²) in [4.78, 5) is 10.8. The first kappa shape index (κ1) is 17.4. The lowest BCUT2D eigenvalue weighted by atomic mass is 10.2. The van der Waals surface area contributed by atoms with Crippen molar-refractivity contribution < 1.29 is 27.8 Å². The van der Waals surface area contributed by atoms with Crippen LogP contribution in [-0.4, -0.2) is 57.7 Å². The van der Waals surface area contributed by atoms with E-state index in [0.717, 1.165) is 10.4 Å². The number of likely N-dealkylation sites (N-methyl/N-ethyl adjacent to an activating group) is 1. The summed E-state index contributed by atoms with van der Waals surface area (Å²) in [5, 5.41) is 9.00. The highest BCUT2D eigenvalue weighted by molar-refractivity contribution is 7.89. The summed E-state index contributed by atoms with van der Waals surface area (Å²) in [6.45, 7) is 1.91. The molecule has 8 heteroatoms. The normalized spacial score (nSPS) is 13.2. The van der Waals surface area contributed by atoms with Crippen LogP contribution in [-0.2, 0) is 14.8 Å². The first-order valence-electron chi connectivity index (χ1n) is 6.14. The van der Waals surface area contributed by atoms with Crippen molar-refractivity contribution in [2.24, 2.45) is 0 Å². The Bertz CT molecular complexity index is 613. The first-order valence-corrected chi connectivity index (χ1v) is 7.58. The second kappa shape index (κ2) is 6.88. The minimum Gasteiger partial charge on any atom is -0.495 e. The van der Waals surface area contributed by atoms with Gasteiger partial charge in [-0.2, -0.15) is 4.31 Å². The number of ether oxygens (including phenoxy) is 2. The average Bonchev–Trinajstić information content (AvgIpc) is 2.45. The van der Waals surface area contributed by atoms with E-state index in [1.165, 1.54) is 33.4 Å². The van der Waals surface area contributed by atoms with Crippen molar-refractivity contribution in [2.45, 2.75) is 17.9 Å². The van der Waals surface area contributed by atoms with Crippen molar-refractivity contribution in [3.63, 3.8) is 0 Å². The topological polar surface area (TPSA) is 93.1 Å². The van der Waals surface area contributed by atoms with Crippen LogP contribution in [0.1, 0.15) is 17.3 Å². The number of rotatable bonds is 7. The molecule has 0 saturated carbocycles. The van der Waals surface area contributed by atoms with Crippen molar-refractivity contribution in [3.05, 3.63) is 23.8 Å². The number of benzene rings is 1. The Kier molecular flexibility index (Phi) is 5.70.